The van der Waals surface area contributed by atoms with Gasteiger partial charge in [0.25, 0.3) is 5.91 Å². The van der Waals surface area contributed by atoms with E-state index in [4.69, 9.17) is 0 Å². The molecule has 0 spiro atoms. The van der Waals surface area contributed by atoms with Crippen LogP contribution in [-0.4, -0.2) is 29.9 Å². The maximum atomic E-state index is 12.0. The van der Waals surface area contributed by atoms with E-state index in [1.807, 2.05) is 37.6 Å². The molecule has 0 aliphatic heterocycles. The Morgan fingerprint density at radius 3 is 2.70 bits per heavy atom. The van der Waals surface area contributed by atoms with Crippen LogP contribution in [0.1, 0.15) is 26.5 Å². The number of carbonyl (C=O) groups is 1. The van der Waals surface area contributed by atoms with Crippen molar-refractivity contribution in [1.29, 1.82) is 0 Å². The van der Waals surface area contributed by atoms with Gasteiger partial charge in [-0.05, 0) is 31.5 Å². The van der Waals surface area contributed by atoms with E-state index in [2.05, 4.69) is 10.3 Å². The zero-order valence-electron chi connectivity index (χ0n) is 12.2. The number of amides is 1. The number of aromatic nitrogens is 1. The van der Waals surface area contributed by atoms with Crippen molar-refractivity contribution in [2.45, 2.75) is 20.4 Å². The number of thiazole rings is 1. The third kappa shape index (κ3) is 3.17. The highest BCUT2D eigenvalue weighted by atomic mass is 32.1. The van der Waals surface area contributed by atoms with E-state index in [9.17, 15) is 4.79 Å². The second-order valence-corrected chi connectivity index (χ2v) is 5.88. The first-order valence-corrected chi connectivity index (χ1v) is 7.32. The molecule has 0 fully saturated rings. The van der Waals surface area contributed by atoms with Gasteiger partial charge in [0, 0.05) is 30.2 Å². The van der Waals surface area contributed by atoms with E-state index in [1.54, 1.807) is 30.3 Å². The molecule has 5 heteroatoms. The molecule has 106 valence electrons. The van der Waals surface area contributed by atoms with Gasteiger partial charge < -0.3 is 10.2 Å². The summed E-state index contributed by atoms with van der Waals surface area (Å²) in [6.45, 7) is 4.77. The van der Waals surface area contributed by atoms with Crippen LogP contribution in [0.25, 0.3) is 0 Å². The Labute approximate surface area is 123 Å². The number of rotatable bonds is 4. The highest BCUT2D eigenvalue weighted by molar-refractivity contribution is 7.09. The van der Waals surface area contributed by atoms with Gasteiger partial charge in [-0.1, -0.05) is 6.07 Å². The minimum Gasteiger partial charge on any atom is -0.380 e. The van der Waals surface area contributed by atoms with Crippen molar-refractivity contribution in [3.05, 3.63) is 45.4 Å². The van der Waals surface area contributed by atoms with E-state index < -0.39 is 0 Å². The Hall–Kier alpha value is -1.88. The average Bonchev–Trinajstić information content (AvgIpc) is 2.82. The molecule has 1 aromatic heterocycles. The lowest BCUT2D eigenvalue weighted by molar-refractivity contribution is 0.0827. The van der Waals surface area contributed by atoms with Gasteiger partial charge in [0.2, 0.25) is 0 Å². The van der Waals surface area contributed by atoms with Crippen molar-refractivity contribution in [2.75, 3.05) is 19.4 Å². The fourth-order valence-electron chi connectivity index (χ4n) is 1.88. The molecule has 0 bridgehead atoms. The van der Waals surface area contributed by atoms with Gasteiger partial charge >= 0.3 is 0 Å². The summed E-state index contributed by atoms with van der Waals surface area (Å²) in [4.78, 5) is 19.0. The number of benzene rings is 1. The van der Waals surface area contributed by atoms with Crippen LogP contribution in [-0.2, 0) is 6.54 Å². The van der Waals surface area contributed by atoms with Gasteiger partial charge in [-0.3, -0.25) is 4.79 Å². The van der Waals surface area contributed by atoms with Crippen LogP contribution in [0.5, 0.6) is 0 Å². The van der Waals surface area contributed by atoms with Gasteiger partial charge in [-0.15, -0.1) is 11.3 Å². The third-order valence-electron chi connectivity index (χ3n) is 3.17. The Balaban J connectivity index is 2.17. The second kappa shape index (κ2) is 6.05. The molecule has 4 nitrogen and oxygen atoms in total. The molecule has 0 aliphatic rings. The van der Waals surface area contributed by atoms with E-state index in [-0.39, 0.29) is 5.91 Å². The van der Waals surface area contributed by atoms with Crippen molar-refractivity contribution < 1.29 is 4.79 Å². The maximum Gasteiger partial charge on any atom is 0.253 e. The zero-order chi connectivity index (χ0) is 14.7. The van der Waals surface area contributed by atoms with Crippen LogP contribution in [0.3, 0.4) is 0 Å². The molecule has 1 heterocycles. The first-order valence-electron chi connectivity index (χ1n) is 6.44. The van der Waals surface area contributed by atoms with E-state index in [0.29, 0.717) is 5.56 Å². The van der Waals surface area contributed by atoms with Gasteiger partial charge in [0.1, 0.15) is 0 Å². The van der Waals surface area contributed by atoms with Gasteiger partial charge in [-0.25, -0.2) is 4.98 Å². The molecule has 0 aliphatic carbocycles. The summed E-state index contributed by atoms with van der Waals surface area (Å²) < 4.78 is 0. The van der Waals surface area contributed by atoms with Gasteiger partial charge in [0.15, 0.2) is 0 Å². The Bertz CT molecular complexity index is 619. The SMILES string of the molecule is Cc1ccc(C(=O)N(C)C)cc1NCc1scnc1C. The van der Waals surface area contributed by atoms with Crippen molar-refractivity contribution in [1.82, 2.24) is 9.88 Å². The van der Waals surface area contributed by atoms with Gasteiger partial charge in [0.05, 0.1) is 17.7 Å². The predicted molar refractivity (Wildman–Crippen MR) is 83.4 cm³/mol. The highest BCUT2D eigenvalue weighted by Crippen LogP contribution is 2.20. The minimum absolute atomic E-state index is 0.0158. The van der Waals surface area contributed by atoms with Gasteiger partial charge in [-0.2, -0.15) is 0 Å². The molecule has 2 rings (SSSR count). The van der Waals surface area contributed by atoms with Crippen LogP contribution in [0, 0.1) is 13.8 Å². The highest BCUT2D eigenvalue weighted by Gasteiger charge is 2.10. The standard InChI is InChI=1S/C15H19N3OS/c1-10-5-6-12(15(19)18(3)4)7-13(10)16-8-14-11(2)17-9-20-14/h5-7,9,16H,8H2,1-4H3. The molecular weight excluding hydrogens is 270 g/mol. The number of anilines is 1. The number of hydrogen-bond donors (Lipinski definition) is 1. The van der Waals surface area contributed by atoms with Crippen molar-refractivity contribution in [2.24, 2.45) is 0 Å². The third-order valence-corrected chi connectivity index (χ3v) is 4.11. The fourth-order valence-corrected chi connectivity index (χ4v) is 2.59. The first-order chi connectivity index (χ1) is 9.49. The summed E-state index contributed by atoms with van der Waals surface area (Å²) >= 11 is 1.64. The van der Waals surface area contributed by atoms with Crippen molar-refractivity contribution in [3.63, 3.8) is 0 Å². The molecular formula is C15H19N3OS. The quantitative estimate of drug-likeness (QED) is 0.941. The Morgan fingerprint density at radius 1 is 1.35 bits per heavy atom. The predicted octanol–water partition coefficient (Wildman–Crippen LogP) is 3.07. The molecule has 0 saturated carbocycles. The molecule has 1 N–H and O–H groups in total. The average molecular weight is 289 g/mol. The lowest BCUT2D eigenvalue weighted by atomic mass is 10.1. The lowest BCUT2D eigenvalue weighted by Crippen LogP contribution is -2.21. The number of carbonyl (C=O) groups excluding carboxylic acids is 1. The van der Waals surface area contributed by atoms with Crippen LogP contribution < -0.4 is 5.32 Å². The van der Waals surface area contributed by atoms with Crippen LogP contribution in [0.15, 0.2) is 23.7 Å². The monoisotopic (exact) mass is 289 g/mol. The molecule has 0 atom stereocenters. The smallest absolute Gasteiger partial charge is 0.253 e. The summed E-state index contributed by atoms with van der Waals surface area (Å²) in [7, 11) is 3.52. The second-order valence-electron chi connectivity index (χ2n) is 4.94. The maximum absolute atomic E-state index is 12.0. The molecule has 20 heavy (non-hydrogen) atoms. The molecule has 2 aromatic rings. The Morgan fingerprint density at radius 2 is 2.10 bits per heavy atom. The first kappa shape index (κ1) is 14.5. The molecule has 0 unspecified atom stereocenters. The largest absolute Gasteiger partial charge is 0.380 e. The Kier molecular flexibility index (Phi) is 4.39. The van der Waals surface area contributed by atoms with Crippen molar-refractivity contribution in [3.8, 4) is 0 Å². The fraction of sp³-hybridized carbons (Fsp3) is 0.333. The number of nitrogens with one attached hydrogen (secondary N) is 1. The van der Waals surface area contributed by atoms with E-state index in [0.717, 1.165) is 23.5 Å². The summed E-state index contributed by atoms with van der Waals surface area (Å²) in [5.74, 6) is 0.0158. The van der Waals surface area contributed by atoms with E-state index in [1.165, 1.54) is 4.88 Å². The number of aryl methyl sites for hydroxylation is 2. The molecule has 0 radical (unpaired) electrons. The lowest BCUT2D eigenvalue weighted by Gasteiger charge is -2.14. The molecule has 1 amide bonds. The normalized spacial score (nSPS) is 10.4. The molecule has 1 aromatic carbocycles. The summed E-state index contributed by atoms with van der Waals surface area (Å²) in [6, 6.07) is 5.74. The van der Waals surface area contributed by atoms with Crippen molar-refractivity contribution >= 4 is 22.9 Å². The molecule has 0 saturated heterocycles. The number of nitrogens with zero attached hydrogens (tertiary/aromatic N) is 2. The summed E-state index contributed by atoms with van der Waals surface area (Å²) in [5.41, 5.74) is 5.73. The number of hydrogen-bond acceptors (Lipinski definition) is 4. The summed E-state index contributed by atoms with van der Waals surface area (Å²) in [6.07, 6.45) is 0. The zero-order valence-corrected chi connectivity index (χ0v) is 13.0. The van der Waals surface area contributed by atoms with Crippen LogP contribution in [0.2, 0.25) is 0 Å². The van der Waals surface area contributed by atoms with E-state index >= 15 is 0 Å². The minimum atomic E-state index is 0.0158. The summed E-state index contributed by atoms with van der Waals surface area (Å²) in [5, 5.41) is 3.39. The van der Waals surface area contributed by atoms with Crippen LogP contribution >= 0.6 is 11.3 Å². The van der Waals surface area contributed by atoms with Crippen LogP contribution in [0.4, 0.5) is 5.69 Å². The topological polar surface area (TPSA) is 45.2 Å².